The van der Waals surface area contributed by atoms with Gasteiger partial charge < -0.3 is 15.4 Å². The third-order valence-corrected chi connectivity index (χ3v) is 4.50. The summed E-state index contributed by atoms with van der Waals surface area (Å²) in [5.74, 6) is -1.47. The molecule has 0 saturated carbocycles. The summed E-state index contributed by atoms with van der Waals surface area (Å²) in [5.41, 5.74) is 5.28. The molecule has 9 heteroatoms. The van der Waals surface area contributed by atoms with Crippen LogP contribution in [0.5, 0.6) is 0 Å². The number of rotatable bonds is 5. The molecule has 0 aromatic carbocycles. The quantitative estimate of drug-likeness (QED) is 0.646. The zero-order valence-electron chi connectivity index (χ0n) is 11.7. The Balaban J connectivity index is 2.82. The van der Waals surface area contributed by atoms with Crippen LogP contribution in [0.25, 0.3) is 0 Å². The molecule has 1 aliphatic rings. The lowest BCUT2D eigenvalue weighted by atomic mass is 10.1. The van der Waals surface area contributed by atoms with E-state index < -0.39 is 21.8 Å². The van der Waals surface area contributed by atoms with Gasteiger partial charge in [-0.05, 0) is 0 Å². The molecule has 0 bridgehead atoms. The van der Waals surface area contributed by atoms with E-state index in [9.17, 15) is 18.0 Å². The van der Waals surface area contributed by atoms with Crippen LogP contribution < -0.4 is 5.73 Å². The third kappa shape index (κ3) is 4.73. The van der Waals surface area contributed by atoms with E-state index in [4.69, 9.17) is 10.5 Å². The lowest BCUT2D eigenvalue weighted by molar-refractivity contribution is -0.133. The summed E-state index contributed by atoms with van der Waals surface area (Å²) in [6.07, 6.45) is 1.27. The second-order valence-electron chi connectivity index (χ2n) is 4.80. The fourth-order valence-electron chi connectivity index (χ4n) is 2.04. The molecule has 116 valence electrons. The summed E-state index contributed by atoms with van der Waals surface area (Å²) in [5, 5.41) is 0. The van der Waals surface area contributed by atoms with Crippen LogP contribution in [0.15, 0.2) is 0 Å². The van der Waals surface area contributed by atoms with E-state index >= 15 is 0 Å². The summed E-state index contributed by atoms with van der Waals surface area (Å²) < 4.78 is 29.2. The number of amides is 2. The lowest BCUT2D eigenvalue weighted by Gasteiger charge is -2.22. The smallest absolute Gasteiger partial charge is 0.224 e. The maximum absolute atomic E-state index is 12.0. The highest BCUT2D eigenvalue weighted by atomic mass is 32.2. The molecule has 0 unspecified atom stereocenters. The van der Waals surface area contributed by atoms with E-state index in [-0.39, 0.29) is 45.1 Å². The van der Waals surface area contributed by atoms with Crippen molar-refractivity contribution in [1.82, 2.24) is 9.21 Å². The van der Waals surface area contributed by atoms with Crippen molar-refractivity contribution in [2.45, 2.75) is 6.42 Å². The predicted octanol–water partition coefficient (Wildman–Crippen LogP) is -1.77. The number of primary amides is 1. The van der Waals surface area contributed by atoms with Gasteiger partial charge in [0.25, 0.3) is 0 Å². The second-order valence-corrected chi connectivity index (χ2v) is 6.79. The minimum absolute atomic E-state index is 0.0161. The first-order valence-corrected chi connectivity index (χ1v) is 8.11. The van der Waals surface area contributed by atoms with Gasteiger partial charge in [-0.25, -0.2) is 8.42 Å². The SMILES string of the molecule is COCCC(=O)N1CCN(S(C)(=O)=O)C[C@H](C(N)=O)C1. The summed E-state index contributed by atoms with van der Waals surface area (Å²) in [4.78, 5) is 24.8. The fraction of sp³-hybridized carbons (Fsp3) is 0.818. The largest absolute Gasteiger partial charge is 0.384 e. The molecule has 0 aromatic rings. The number of hydrogen-bond donors (Lipinski definition) is 1. The number of sulfonamides is 1. The summed E-state index contributed by atoms with van der Waals surface area (Å²) in [6.45, 7) is 0.860. The molecule has 0 aromatic heterocycles. The van der Waals surface area contributed by atoms with Crippen LogP contribution in [0.4, 0.5) is 0 Å². The van der Waals surface area contributed by atoms with Crippen LogP contribution in [0.1, 0.15) is 6.42 Å². The van der Waals surface area contributed by atoms with Gasteiger partial charge in [-0.3, -0.25) is 9.59 Å². The number of carbonyl (C=O) groups excluding carboxylic acids is 2. The Bertz CT molecular complexity index is 465. The highest BCUT2D eigenvalue weighted by Gasteiger charge is 2.32. The van der Waals surface area contributed by atoms with Crippen molar-refractivity contribution in [3.63, 3.8) is 0 Å². The van der Waals surface area contributed by atoms with Crippen LogP contribution in [-0.4, -0.2) is 75.6 Å². The number of methoxy groups -OCH3 is 1. The van der Waals surface area contributed by atoms with Gasteiger partial charge in [0, 0.05) is 33.3 Å². The maximum atomic E-state index is 12.0. The molecular formula is C11H21N3O5S. The van der Waals surface area contributed by atoms with Crippen molar-refractivity contribution in [1.29, 1.82) is 0 Å². The number of nitrogens with zero attached hydrogens (tertiary/aromatic N) is 2. The number of carbonyl (C=O) groups is 2. The topological polar surface area (TPSA) is 110 Å². The molecule has 0 radical (unpaired) electrons. The van der Waals surface area contributed by atoms with Crippen LogP contribution in [-0.2, 0) is 24.3 Å². The zero-order chi connectivity index (χ0) is 15.3. The molecule has 20 heavy (non-hydrogen) atoms. The van der Waals surface area contributed by atoms with Crippen molar-refractivity contribution in [2.24, 2.45) is 11.7 Å². The molecule has 1 heterocycles. The fourth-order valence-corrected chi connectivity index (χ4v) is 2.90. The van der Waals surface area contributed by atoms with Gasteiger partial charge in [0.1, 0.15) is 0 Å². The second kappa shape index (κ2) is 7.00. The Morgan fingerprint density at radius 2 is 1.95 bits per heavy atom. The molecule has 1 saturated heterocycles. The van der Waals surface area contributed by atoms with Crippen molar-refractivity contribution < 1.29 is 22.7 Å². The Labute approximate surface area is 118 Å². The number of nitrogens with two attached hydrogens (primary N) is 1. The average molecular weight is 307 g/mol. The Morgan fingerprint density at radius 1 is 1.30 bits per heavy atom. The van der Waals surface area contributed by atoms with Crippen molar-refractivity contribution in [3.8, 4) is 0 Å². The van der Waals surface area contributed by atoms with Gasteiger partial charge in [0.15, 0.2) is 0 Å². The van der Waals surface area contributed by atoms with Gasteiger partial charge in [-0.15, -0.1) is 0 Å². The molecule has 0 spiro atoms. The van der Waals surface area contributed by atoms with Gasteiger partial charge in [-0.1, -0.05) is 0 Å². The van der Waals surface area contributed by atoms with E-state index in [2.05, 4.69) is 0 Å². The molecule has 0 aliphatic carbocycles. The summed E-state index contributed by atoms with van der Waals surface area (Å²) in [6, 6.07) is 0. The van der Waals surface area contributed by atoms with E-state index in [1.807, 2.05) is 0 Å². The first-order valence-electron chi connectivity index (χ1n) is 6.27. The zero-order valence-corrected chi connectivity index (χ0v) is 12.6. The van der Waals surface area contributed by atoms with Crippen LogP contribution in [0.3, 0.4) is 0 Å². The predicted molar refractivity (Wildman–Crippen MR) is 72.2 cm³/mol. The minimum atomic E-state index is -3.42. The Hall–Kier alpha value is -1.19. The first-order chi connectivity index (χ1) is 9.25. The standard InChI is InChI=1S/C11H21N3O5S/c1-19-6-3-10(15)13-4-5-14(20(2,17)18)8-9(7-13)11(12)16/h9H,3-8H2,1-2H3,(H2,12,16)/t9-/m1/s1. The van der Waals surface area contributed by atoms with E-state index in [0.717, 1.165) is 6.26 Å². The van der Waals surface area contributed by atoms with Crippen molar-refractivity contribution in [2.75, 3.05) is 46.2 Å². The monoisotopic (exact) mass is 307 g/mol. The molecule has 2 N–H and O–H groups in total. The van der Waals surface area contributed by atoms with Gasteiger partial charge in [0.05, 0.1) is 25.2 Å². The normalized spacial score (nSPS) is 21.5. The van der Waals surface area contributed by atoms with E-state index in [1.165, 1.54) is 16.3 Å². The average Bonchev–Trinajstić information content (AvgIpc) is 2.58. The van der Waals surface area contributed by atoms with Crippen molar-refractivity contribution in [3.05, 3.63) is 0 Å². The Kier molecular flexibility index (Phi) is 5.90. The highest BCUT2D eigenvalue weighted by molar-refractivity contribution is 7.88. The molecule has 1 aliphatic heterocycles. The summed E-state index contributed by atoms with van der Waals surface area (Å²) in [7, 11) is -1.93. The van der Waals surface area contributed by atoms with E-state index in [0.29, 0.717) is 0 Å². The van der Waals surface area contributed by atoms with Gasteiger partial charge in [0.2, 0.25) is 21.8 Å². The Morgan fingerprint density at radius 3 is 2.45 bits per heavy atom. The first kappa shape index (κ1) is 16.9. The molecule has 2 amide bonds. The lowest BCUT2D eigenvalue weighted by Crippen LogP contribution is -2.41. The van der Waals surface area contributed by atoms with Crippen LogP contribution >= 0.6 is 0 Å². The summed E-state index contributed by atoms with van der Waals surface area (Å²) >= 11 is 0. The minimum Gasteiger partial charge on any atom is -0.384 e. The molecular weight excluding hydrogens is 286 g/mol. The molecule has 1 rings (SSSR count). The number of hydrogen-bond acceptors (Lipinski definition) is 5. The van der Waals surface area contributed by atoms with Crippen LogP contribution in [0.2, 0.25) is 0 Å². The third-order valence-electron chi connectivity index (χ3n) is 3.23. The van der Waals surface area contributed by atoms with Gasteiger partial charge >= 0.3 is 0 Å². The maximum Gasteiger partial charge on any atom is 0.224 e. The number of ether oxygens (including phenoxy) is 1. The van der Waals surface area contributed by atoms with Crippen LogP contribution in [0, 0.1) is 5.92 Å². The highest BCUT2D eigenvalue weighted by Crippen LogP contribution is 2.13. The van der Waals surface area contributed by atoms with Gasteiger partial charge in [-0.2, -0.15) is 4.31 Å². The molecule has 1 fully saturated rings. The molecule has 8 nitrogen and oxygen atoms in total. The van der Waals surface area contributed by atoms with E-state index in [1.54, 1.807) is 0 Å². The molecule has 1 atom stereocenters. The van der Waals surface area contributed by atoms with Crippen molar-refractivity contribution >= 4 is 21.8 Å².